The predicted molar refractivity (Wildman–Crippen MR) is 91.9 cm³/mol. The molecule has 10 heteroatoms. The molecule has 0 radical (unpaired) electrons. The second-order valence-electron chi connectivity index (χ2n) is 6.73. The lowest BCUT2D eigenvalue weighted by molar-refractivity contribution is -0.384. The molecule has 138 valence electrons. The standard InChI is InChI=1S/C15H22N4O5S/c16-25(22,23)12-1-2-13(14(9-12)19(20)21)17-5-6-18-10-15(11-18)3-7-24-8-4-15/h1-2,9,17H,3-8,10-11H2,(H2,16,22,23). The number of benzene rings is 1. The van der Waals surface area contributed by atoms with Crippen molar-refractivity contribution in [2.24, 2.45) is 10.6 Å². The Morgan fingerprint density at radius 2 is 2.00 bits per heavy atom. The van der Waals surface area contributed by atoms with Gasteiger partial charge in [-0.1, -0.05) is 0 Å². The van der Waals surface area contributed by atoms with Crippen molar-refractivity contribution in [1.29, 1.82) is 0 Å². The molecule has 0 aromatic heterocycles. The van der Waals surface area contributed by atoms with E-state index in [1.807, 2.05) is 0 Å². The van der Waals surface area contributed by atoms with Gasteiger partial charge in [-0.15, -0.1) is 0 Å². The highest BCUT2D eigenvalue weighted by atomic mass is 32.2. The first-order valence-electron chi connectivity index (χ1n) is 8.14. The van der Waals surface area contributed by atoms with Gasteiger partial charge in [-0.05, 0) is 25.0 Å². The number of nitrogens with one attached hydrogen (secondary N) is 1. The first-order chi connectivity index (χ1) is 11.8. The maximum atomic E-state index is 11.3. The number of likely N-dealkylation sites (tertiary alicyclic amines) is 1. The summed E-state index contributed by atoms with van der Waals surface area (Å²) >= 11 is 0. The third-order valence-corrected chi connectivity index (χ3v) is 5.82. The summed E-state index contributed by atoms with van der Waals surface area (Å²) in [6.07, 6.45) is 2.19. The molecule has 0 atom stereocenters. The van der Waals surface area contributed by atoms with E-state index in [-0.39, 0.29) is 10.6 Å². The van der Waals surface area contributed by atoms with E-state index in [9.17, 15) is 18.5 Å². The van der Waals surface area contributed by atoms with Gasteiger partial charge in [0.25, 0.3) is 5.69 Å². The fourth-order valence-corrected chi connectivity index (χ4v) is 4.05. The monoisotopic (exact) mass is 370 g/mol. The lowest BCUT2D eigenvalue weighted by Crippen LogP contribution is -2.59. The van der Waals surface area contributed by atoms with Gasteiger partial charge in [-0.3, -0.25) is 10.1 Å². The van der Waals surface area contributed by atoms with Crippen molar-refractivity contribution in [1.82, 2.24) is 4.90 Å². The van der Waals surface area contributed by atoms with Crippen molar-refractivity contribution in [2.45, 2.75) is 17.7 Å². The van der Waals surface area contributed by atoms with E-state index >= 15 is 0 Å². The van der Waals surface area contributed by atoms with Gasteiger partial charge in [0.1, 0.15) is 5.69 Å². The van der Waals surface area contributed by atoms with Crippen LogP contribution in [0.1, 0.15) is 12.8 Å². The van der Waals surface area contributed by atoms with Crippen molar-refractivity contribution in [3.63, 3.8) is 0 Å². The molecule has 9 nitrogen and oxygen atoms in total. The summed E-state index contributed by atoms with van der Waals surface area (Å²) in [7, 11) is -3.97. The van der Waals surface area contributed by atoms with Crippen LogP contribution in [0, 0.1) is 15.5 Å². The highest BCUT2D eigenvalue weighted by Gasteiger charge is 2.43. The lowest BCUT2D eigenvalue weighted by Gasteiger charge is -2.52. The van der Waals surface area contributed by atoms with E-state index in [1.54, 1.807) is 0 Å². The van der Waals surface area contributed by atoms with Gasteiger partial charge < -0.3 is 15.0 Å². The smallest absolute Gasteiger partial charge is 0.293 e. The van der Waals surface area contributed by atoms with Crippen LogP contribution >= 0.6 is 0 Å². The molecule has 0 bridgehead atoms. The number of hydrogen-bond donors (Lipinski definition) is 2. The number of nitro groups is 1. The first kappa shape index (κ1) is 18.1. The maximum absolute atomic E-state index is 11.3. The molecular formula is C15H22N4O5S. The Bertz CT molecular complexity index is 753. The molecule has 2 aliphatic rings. The molecule has 3 N–H and O–H groups in total. The van der Waals surface area contributed by atoms with E-state index in [0.717, 1.165) is 51.8 Å². The number of rotatable bonds is 6. The average Bonchev–Trinajstić information content (AvgIpc) is 2.53. The zero-order valence-electron chi connectivity index (χ0n) is 13.8. The molecule has 3 rings (SSSR count). The SMILES string of the molecule is NS(=O)(=O)c1ccc(NCCN2CC3(CCOCC3)C2)c([N+](=O)[O-])c1. The van der Waals surface area contributed by atoms with Crippen LogP contribution in [0.5, 0.6) is 0 Å². The molecule has 2 saturated heterocycles. The van der Waals surface area contributed by atoms with Gasteiger partial charge in [-0.25, -0.2) is 13.6 Å². The summed E-state index contributed by atoms with van der Waals surface area (Å²) in [4.78, 5) is 12.6. The first-order valence-corrected chi connectivity index (χ1v) is 9.69. The molecule has 0 saturated carbocycles. The summed E-state index contributed by atoms with van der Waals surface area (Å²) in [6.45, 7) is 5.04. The Labute approximate surface area is 146 Å². The molecule has 1 aromatic rings. The van der Waals surface area contributed by atoms with Crippen molar-refractivity contribution >= 4 is 21.4 Å². The van der Waals surface area contributed by atoms with E-state index in [0.29, 0.717) is 17.6 Å². The number of nitrogens with zero attached hydrogens (tertiary/aromatic N) is 2. The van der Waals surface area contributed by atoms with E-state index < -0.39 is 14.9 Å². The molecule has 1 spiro atoms. The molecule has 25 heavy (non-hydrogen) atoms. The number of anilines is 1. The van der Waals surface area contributed by atoms with Gasteiger partial charge in [-0.2, -0.15) is 0 Å². The third-order valence-electron chi connectivity index (χ3n) is 4.91. The van der Waals surface area contributed by atoms with Gasteiger partial charge in [0, 0.05) is 50.9 Å². The Hall–Kier alpha value is -1.75. The minimum atomic E-state index is -3.97. The Balaban J connectivity index is 1.56. The summed E-state index contributed by atoms with van der Waals surface area (Å²) in [5.41, 5.74) is 0.385. The topological polar surface area (TPSA) is 128 Å². The van der Waals surface area contributed by atoms with Crippen LogP contribution in [0.4, 0.5) is 11.4 Å². The zero-order chi connectivity index (χ0) is 18.1. The van der Waals surface area contributed by atoms with E-state index in [4.69, 9.17) is 9.88 Å². The Kier molecular flexibility index (Phi) is 4.96. The molecule has 0 amide bonds. The number of hydrogen-bond acceptors (Lipinski definition) is 7. The fraction of sp³-hybridized carbons (Fsp3) is 0.600. The molecule has 2 heterocycles. The number of sulfonamides is 1. The Morgan fingerprint density at radius 1 is 1.32 bits per heavy atom. The van der Waals surface area contributed by atoms with Crippen LogP contribution < -0.4 is 10.5 Å². The van der Waals surface area contributed by atoms with Crippen LogP contribution in [0.3, 0.4) is 0 Å². The molecular weight excluding hydrogens is 348 g/mol. The normalized spacial score (nSPS) is 20.2. The second-order valence-corrected chi connectivity index (χ2v) is 8.29. The summed E-state index contributed by atoms with van der Waals surface area (Å²) in [5.74, 6) is 0. The predicted octanol–water partition coefficient (Wildman–Crippen LogP) is 0.767. The summed E-state index contributed by atoms with van der Waals surface area (Å²) < 4.78 is 28.1. The highest BCUT2D eigenvalue weighted by Crippen LogP contribution is 2.39. The number of nitrogens with two attached hydrogens (primary N) is 1. The zero-order valence-corrected chi connectivity index (χ0v) is 14.6. The molecule has 0 aliphatic carbocycles. The summed E-state index contributed by atoms with van der Waals surface area (Å²) in [6, 6.07) is 3.64. The van der Waals surface area contributed by atoms with Gasteiger partial charge >= 0.3 is 0 Å². The molecule has 1 aromatic carbocycles. The van der Waals surface area contributed by atoms with Crippen LogP contribution in [-0.2, 0) is 14.8 Å². The highest BCUT2D eigenvalue weighted by molar-refractivity contribution is 7.89. The van der Waals surface area contributed by atoms with E-state index in [2.05, 4.69) is 10.2 Å². The summed E-state index contributed by atoms with van der Waals surface area (Å²) in [5, 5.41) is 19.2. The van der Waals surface area contributed by atoms with Crippen LogP contribution in [-0.4, -0.2) is 57.6 Å². The fourth-order valence-electron chi connectivity index (χ4n) is 3.52. The minimum Gasteiger partial charge on any atom is -0.381 e. The van der Waals surface area contributed by atoms with Gasteiger partial charge in [0.2, 0.25) is 10.0 Å². The van der Waals surface area contributed by atoms with Crippen molar-refractivity contribution in [3.05, 3.63) is 28.3 Å². The van der Waals surface area contributed by atoms with Crippen LogP contribution in [0.2, 0.25) is 0 Å². The quantitative estimate of drug-likeness (QED) is 0.559. The third kappa shape index (κ3) is 4.09. The van der Waals surface area contributed by atoms with Crippen molar-refractivity contribution in [3.8, 4) is 0 Å². The molecule has 0 unspecified atom stereocenters. The van der Waals surface area contributed by atoms with Gasteiger partial charge in [0.05, 0.1) is 9.82 Å². The minimum absolute atomic E-state index is 0.269. The van der Waals surface area contributed by atoms with Gasteiger partial charge in [0.15, 0.2) is 0 Å². The number of nitro benzene ring substituents is 1. The largest absolute Gasteiger partial charge is 0.381 e. The Morgan fingerprint density at radius 3 is 2.60 bits per heavy atom. The maximum Gasteiger partial charge on any atom is 0.293 e. The molecule has 2 aliphatic heterocycles. The number of primary sulfonamides is 1. The van der Waals surface area contributed by atoms with Crippen molar-refractivity contribution < 1.29 is 18.1 Å². The molecule has 2 fully saturated rings. The van der Waals surface area contributed by atoms with Crippen LogP contribution in [0.15, 0.2) is 23.1 Å². The van der Waals surface area contributed by atoms with E-state index in [1.165, 1.54) is 12.1 Å². The van der Waals surface area contributed by atoms with Crippen molar-refractivity contribution in [2.75, 3.05) is 44.7 Å². The number of ether oxygens (including phenoxy) is 1. The lowest BCUT2D eigenvalue weighted by atomic mass is 9.73. The van der Waals surface area contributed by atoms with Crippen LogP contribution in [0.25, 0.3) is 0 Å². The average molecular weight is 370 g/mol. The second kappa shape index (κ2) is 6.87.